The molecule has 0 unspecified atom stereocenters. The molecule has 1 N–H and O–H groups in total. The molecule has 0 spiro atoms. The number of carbonyl (C=O) groups excluding carboxylic acids is 1. The molecule has 0 atom stereocenters. The molecule has 0 bridgehead atoms. The number of alkyl halides is 4. The molecule has 0 aliphatic carbocycles. The van der Waals surface area contributed by atoms with Crippen LogP contribution >= 0.6 is 0 Å². The van der Waals surface area contributed by atoms with E-state index in [4.69, 9.17) is 9.47 Å². The van der Waals surface area contributed by atoms with Crippen molar-refractivity contribution in [3.05, 3.63) is 53.6 Å². The molecule has 31 heavy (non-hydrogen) atoms. The van der Waals surface area contributed by atoms with Gasteiger partial charge in [-0.05, 0) is 54.4 Å². The predicted molar refractivity (Wildman–Crippen MR) is 106 cm³/mol. The van der Waals surface area contributed by atoms with Gasteiger partial charge in [-0.2, -0.15) is 22.7 Å². The van der Waals surface area contributed by atoms with Crippen LogP contribution in [0.15, 0.2) is 47.6 Å². The lowest BCUT2D eigenvalue weighted by Gasteiger charge is -2.16. The van der Waals surface area contributed by atoms with E-state index in [0.717, 1.165) is 37.1 Å². The Bertz CT molecular complexity index is 889. The van der Waals surface area contributed by atoms with E-state index in [1.54, 1.807) is 18.2 Å². The lowest BCUT2D eigenvalue weighted by Crippen LogP contribution is -2.33. The van der Waals surface area contributed by atoms with Gasteiger partial charge in [-0.25, -0.2) is 5.43 Å². The van der Waals surface area contributed by atoms with Crippen LogP contribution in [0.5, 0.6) is 17.2 Å². The summed E-state index contributed by atoms with van der Waals surface area (Å²) in [5.74, 6) is -0.0203. The number of nitrogens with one attached hydrogen (secondary N) is 1. The van der Waals surface area contributed by atoms with Gasteiger partial charge in [0, 0.05) is 5.56 Å². The van der Waals surface area contributed by atoms with Crippen molar-refractivity contribution in [2.75, 3.05) is 13.7 Å². The van der Waals surface area contributed by atoms with E-state index in [0.29, 0.717) is 23.7 Å². The van der Waals surface area contributed by atoms with Crippen LogP contribution in [0.2, 0.25) is 0 Å². The van der Waals surface area contributed by atoms with Crippen molar-refractivity contribution in [3.8, 4) is 17.2 Å². The van der Waals surface area contributed by atoms with Gasteiger partial charge in [0.1, 0.15) is 5.75 Å². The third-order valence-electron chi connectivity index (χ3n) is 3.95. The predicted octanol–water partition coefficient (Wildman–Crippen LogP) is 4.87. The maximum Gasteiger partial charge on any atom is 0.461 e. The molecule has 0 radical (unpaired) electrons. The fraction of sp³-hybridized carbons (Fsp3) is 0.333. The van der Waals surface area contributed by atoms with Crippen molar-refractivity contribution in [3.63, 3.8) is 0 Å². The van der Waals surface area contributed by atoms with Gasteiger partial charge in [0.25, 0.3) is 5.91 Å². The Morgan fingerprint density at radius 3 is 2.48 bits per heavy atom. The van der Waals surface area contributed by atoms with Crippen LogP contribution in [0, 0.1) is 0 Å². The van der Waals surface area contributed by atoms with E-state index in [2.05, 4.69) is 22.2 Å². The molecule has 2 aromatic rings. The Hall–Kier alpha value is -3.30. The van der Waals surface area contributed by atoms with E-state index < -0.39 is 24.2 Å². The van der Waals surface area contributed by atoms with Gasteiger partial charge in [-0.1, -0.05) is 13.3 Å². The largest absolute Gasteiger partial charge is 0.493 e. The summed E-state index contributed by atoms with van der Waals surface area (Å²) < 4.78 is 64.9. The molecule has 0 fully saturated rings. The van der Waals surface area contributed by atoms with Crippen molar-refractivity contribution in [1.29, 1.82) is 0 Å². The summed E-state index contributed by atoms with van der Waals surface area (Å²) in [5, 5.41) is 3.83. The first-order chi connectivity index (χ1) is 14.8. The third-order valence-corrected chi connectivity index (χ3v) is 3.95. The minimum absolute atomic E-state index is 0.0714. The first-order valence-electron chi connectivity index (χ1n) is 9.36. The number of methoxy groups -OCH3 is 1. The third kappa shape index (κ3) is 7.16. The number of hydrazone groups is 1. The Labute approximate surface area is 176 Å². The van der Waals surface area contributed by atoms with Crippen LogP contribution < -0.4 is 19.6 Å². The van der Waals surface area contributed by atoms with Crippen molar-refractivity contribution < 1.29 is 36.6 Å². The van der Waals surface area contributed by atoms with E-state index in [1.165, 1.54) is 13.3 Å². The molecule has 0 aliphatic heterocycles. The highest BCUT2D eigenvalue weighted by atomic mass is 19.3. The average molecular weight is 442 g/mol. The summed E-state index contributed by atoms with van der Waals surface area (Å²) in [6, 6.07) is 9.40. The second-order valence-corrected chi connectivity index (χ2v) is 6.30. The topological polar surface area (TPSA) is 69.2 Å². The summed E-state index contributed by atoms with van der Waals surface area (Å²) in [4.78, 5) is 12.1. The number of ether oxygens (including phenoxy) is 3. The summed E-state index contributed by atoms with van der Waals surface area (Å²) in [5.41, 5.74) is 2.99. The number of amides is 1. The average Bonchev–Trinajstić information content (AvgIpc) is 2.74. The van der Waals surface area contributed by atoms with Crippen LogP contribution in [0.3, 0.4) is 0 Å². The molecule has 0 saturated heterocycles. The zero-order chi connectivity index (χ0) is 22.9. The van der Waals surface area contributed by atoms with Gasteiger partial charge in [0.2, 0.25) is 0 Å². The number of rotatable bonds is 11. The normalized spacial score (nSPS) is 11.6. The van der Waals surface area contributed by atoms with E-state index in [9.17, 15) is 22.4 Å². The summed E-state index contributed by atoms with van der Waals surface area (Å²) in [7, 11) is 1.51. The molecule has 1 amide bonds. The lowest BCUT2D eigenvalue weighted by molar-refractivity contribution is -0.253. The first kappa shape index (κ1) is 24.0. The fourth-order valence-electron chi connectivity index (χ4n) is 2.32. The maximum absolute atomic E-state index is 12.9. The monoisotopic (exact) mass is 442 g/mol. The Kier molecular flexibility index (Phi) is 8.65. The Balaban J connectivity index is 1.96. The molecule has 0 aliphatic rings. The maximum atomic E-state index is 12.9. The number of halogens is 4. The quantitative estimate of drug-likeness (QED) is 0.233. The zero-order valence-corrected chi connectivity index (χ0v) is 16.9. The molecule has 0 heterocycles. The first-order valence-corrected chi connectivity index (χ1v) is 9.36. The second kappa shape index (κ2) is 11.2. The molecular formula is C21H22F4N2O4. The molecule has 6 nitrogen and oxygen atoms in total. The minimum atomic E-state index is -4.62. The SMILES string of the molecule is CCCCOc1ccc(C=NNC(=O)c2ccc(OC(F)(F)C(F)F)cc2)cc1OC. The number of benzene rings is 2. The minimum Gasteiger partial charge on any atom is -0.493 e. The Morgan fingerprint density at radius 1 is 1.16 bits per heavy atom. The van der Waals surface area contributed by atoms with Crippen molar-refractivity contribution in [1.82, 2.24) is 5.43 Å². The number of nitrogens with zero attached hydrogens (tertiary/aromatic N) is 1. The van der Waals surface area contributed by atoms with Gasteiger partial charge < -0.3 is 14.2 Å². The van der Waals surface area contributed by atoms with E-state index in [-0.39, 0.29) is 5.56 Å². The number of unbranched alkanes of at least 4 members (excludes halogenated alkanes) is 1. The number of hydrogen-bond acceptors (Lipinski definition) is 5. The fourth-order valence-corrected chi connectivity index (χ4v) is 2.32. The number of carbonyl (C=O) groups is 1. The Morgan fingerprint density at radius 2 is 1.87 bits per heavy atom. The van der Waals surface area contributed by atoms with E-state index in [1.807, 2.05) is 0 Å². The van der Waals surface area contributed by atoms with Gasteiger partial charge >= 0.3 is 12.5 Å². The van der Waals surface area contributed by atoms with Gasteiger partial charge in [-0.3, -0.25) is 4.79 Å². The van der Waals surface area contributed by atoms with Crippen molar-refractivity contribution in [2.45, 2.75) is 32.3 Å². The lowest BCUT2D eigenvalue weighted by atomic mass is 10.2. The zero-order valence-electron chi connectivity index (χ0n) is 16.9. The van der Waals surface area contributed by atoms with Gasteiger partial charge in [-0.15, -0.1) is 0 Å². The molecule has 10 heteroatoms. The molecule has 2 rings (SSSR count). The van der Waals surface area contributed by atoms with Crippen LogP contribution in [0.1, 0.15) is 35.7 Å². The van der Waals surface area contributed by atoms with Crippen LogP contribution in [-0.4, -0.2) is 38.4 Å². The van der Waals surface area contributed by atoms with Crippen LogP contribution in [0.25, 0.3) is 0 Å². The van der Waals surface area contributed by atoms with Gasteiger partial charge in [0.05, 0.1) is 19.9 Å². The van der Waals surface area contributed by atoms with Crippen LogP contribution in [0.4, 0.5) is 17.6 Å². The molecule has 168 valence electrons. The number of hydrogen-bond donors (Lipinski definition) is 1. The van der Waals surface area contributed by atoms with Crippen molar-refractivity contribution >= 4 is 12.1 Å². The second-order valence-electron chi connectivity index (χ2n) is 6.30. The smallest absolute Gasteiger partial charge is 0.461 e. The van der Waals surface area contributed by atoms with Gasteiger partial charge in [0.15, 0.2) is 11.5 Å². The van der Waals surface area contributed by atoms with Crippen LogP contribution in [-0.2, 0) is 0 Å². The summed E-state index contributed by atoms with van der Waals surface area (Å²) in [6.45, 7) is 2.63. The highest BCUT2D eigenvalue weighted by Crippen LogP contribution is 2.28. The summed E-state index contributed by atoms with van der Waals surface area (Å²) >= 11 is 0. The highest BCUT2D eigenvalue weighted by Gasteiger charge is 2.43. The molecule has 2 aromatic carbocycles. The summed E-state index contributed by atoms with van der Waals surface area (Å²) in [6.07, 6.45) is -5.28. The van der Waals surface area contributed by atoms with Crippen molar-refractivity contribution in [2.24, 2.45) is 5.10 Å². The van der Waals surface area contributed by atoms with E-state index >= 15 is 0 Å². The standard InChI is InChI=1S/C21H22F4N2O4/c1-3-4-11-30-17-10-5-14(12-18(17)29-2)13-26-27-19(28)15-6-8-16(9-7-15)31-21(24,25)20(22)23/h5-10,12-13,20H,3-4,11H2,1-2H3,(H,27,28). The highest BCUT2D eigenvalue weighted by molar-refractivity contribution is 5.95. The molecular weight excluding hydrogens is 420 g/mol. The molecule has 0 aromatic heterocycles. The molecule has 0 saturated carbocycles.